The second-order valence-corrected chi connectivity index (χ2v) is 6.92. The number of imide groups is 1. The van der Waals surface area contributed by atoms with Crippen LogP contribution in [0.25, 0.3) is 0 Å². The quantitative estimate of drug-likeness (QED) is 0.504. The van der Waals surface area contributed by atoms with E-state index in [-0.39, 0.29) is 47.6 Å². The van der Waals surface area contributed by atoms with Gasteiger partial charge in [0.15, 0.2) is 0 Å². The van der Waals surface area contributed by atoms with Gasteiger partial charge < -0.3 is 5.32 Å². The van der Waals surface area contributed by atoms with Crippen LogP contribution in [0.4, 0.5) is 4.39 Å². The Morgan fingerprint density at radius 2 is 1.76 bits per heavy atom. The third kappa shape index (κ3) is 2.56. The van der Waals surface area contributed by atoms with E-state index in [9.17, 15) is 18.8 Å². The second-order valence-electron chi connectivity index (χ2n) is 6.92. The Balaban J connectivity index is 1.30. The van der Waals surface area contributed by atoms with E-state index >= 15 is 0 Å². The minimum Gasteiger partial charge on any atom is -0.352 e. The zero-order valence-electron chi connectivity index (χ0n) is 13.7. The summed E-state index contributed by atoms with van der Waals surface area (Å²) in [6.07, 6.45) is 5.50. The number of hydrogen-bond donors (Lipinski definition) is 1. The molecule has 5 nitrogen and oxygen atoms in total. The van der Waals surface area contributed by atoms with Crippen molar-refractivity contribution in [3.63, 3.8) is 0 Å². The fraction of sp³-hybridized carbons (Fsp3) is 0.421. The standard InChI is InChI=1S/C19H19FN2O3/c20-14-5-2-1-4-13(14)17(23)21-8-3-9-22-18(24)15-11-6-7-12(10-11)16(15)19(22)25/h1-2,4-7,11-12,15-16H,3,8-10H2,(H,21,23)/t11-,12+,15-,16+. The molecule has 4 atom stereocenters. The van der Waals surface area contributed by atoms with Gasteiger partial charge in [-0.2, -0.15) is 0 Å². The summed E-state index contributed by atoms with van der Waals surface area (Å²) >= 11 is 0. The summed E-state index contributed by atoms with van der Waals surface area (Å²) in [7, 11) is 0. The normalized spacial score (nSPS) is 29.4. The molecular formula is C19H19FN2O3. The third-order valence-electron chi connectivity index (χ3n) is 5.52. The van der Waals surface area contributed by atoms with Gasteiger partial charge in [0.25, 0.3) is 5.91 Å². The van der Waals surface area contributed by atoms with Crippen LogP contribution in [0.1, 0.15) is 23.2 Å². The Kier molecular flexibility index (Phi) is 3.90. The molecule has 1 aromatic rings. The smallest absolute Gasteiger partial charge is 0.254 e. The highest BCUT2D eigenvalue weighted by atomic mass is 19.1. The van der Waals surface area contributed by atoms with Crippen molar-refractivity contribution < 1.29 is 18.8 Å². The average Bonchev–Trinajstić information content (AvgIpc) is 3.27. The van der Waals surface area contributed by atoms with Gasteiger partial charge in [-0.05, 0) is 36.8 Å². The predicted octanol–water partition coefficient (Wildman–Crippen LogP) is 1.75. The topological polar surface area (TPSA) is 66.5 Å². The minimum absolute atomic E-state index is 0.00648. The number of likely N-dealkylation sites (tertiary alicyclic amines) is 1. The number of allylic oxidation sites excluding steroid dienone is 2. The van der Waals surface area contributed by atoms with Gasteiger partial charge in [-0.25, -0.2) is 4.39 Å². The van der Waals surface area contributed by atoms with Crippen LogP contribution < -0.4 is 5.32 Å². The third-order valence-corrected chi connectivity index (χ3v) is 5.52. The van der Waals surface area contributed by atoms with Crippen molar-refractivity contribution >= 4 is 17.7 Å². The maximum atomic E-state index is 13.5. The summed E-state index contributed by atoms with van der Waals surface area (Å²) in [5.74, 6) is -1.17. The summed E-state index contributed by atoms with van der Waals surface area (Å²) in [4.78, 5) is 38.3. The van der Waals surface area contributed by atoms with Gasteiger partial charge in [-0.3, -0.25) is 19.3 Å². The number of halogens is 1. The molecule has 3 aliphatic rings. The average molecular weight is 342 g/mol. The molecule has 1 saturated carbocycles. The van der Waals surface area contributed by atoms with E-state index in [1.54, 1.807) is 6.07 Å². The first kappa shape index (κ1) is 16.0. The summed E-state index contributed by atoms with van der Waals surface area (Å²) in [6.45, 7) is 0.576. The molecule has 3 amide bonds. The van der Waals surface area contributed by atoms with E-state index in [2.05, 4.69) is 17.5 Å². The van der Waals surface area contributed by atoms with E-state index in [1.807, 2.05) is 0 Å². The first-order chi connectivity index (χ1) is 12.1. The largest absolute Gasteiger partial charge is 0.352 e. The van der Waals surface area contributed by atoms with E-state index in [1.165, 1.54) is 23.1 Å². The van der Waals surface area contributed by atoms with Crippen LogP contribution in [-0.4, -0.2) is 35.7 Å². The van der Waals surface area contributed by atoms with Crippen LogP contribution in [0.3, 0.4) is 0 Å². The highest BCUT2D eigenvalue weighted by Gasteiger charge is 2.58. The van der Waals surface area contributed by atoms with Gasteiger partial charge in [-0.15, -0.1) is 0 Å². The van der Waals surface area contributed by atoms with Gasteiger partial charge in [0, 0.05) is 13.1 Å². The number of hydrogen-bond acceptors (Lipinski definition) is 3. The monoisotopic (exact) mass is 342 g/mol. The van der Waals surface area contributed by atoms with E-state index in [0.717, 1.165) is 6.42 Å². The van der Waals surface area contributed by atoms with E-state index in [4.69, 9.17) is 0 Å². The SMILES string of the molecule is O=C(NCCCN1C(=O)[C@@H]2[C@H](C1=O)[C@@H]1C=C[C@H]2C1)c1ccccc1F. The highest BCUT2D eigenvalue weighted by Crippen LogP contribution is 2.52. The maximum Gasteiger partial charge on any atom is 0.254 e. The zero-order valence-corrected chi connectivity index (χ0v) is 13.7. The number of nitrogens with zero attached hydrogens (tertiary/aromatic N) is 1. The van der Waals surface area contributed by atoms with Crippen molar-refractivity contribution in [3.8, 4) is 0 Å². The first-order valence-corrected chi connectivity index (χ1v) is 8.64. The van der Waals surface area contributed by atoms with Crippen LogP contribution in [0, 0.1) is 29.5 Å². The summed E-state index contributed by atoms with van der Waals surface area (Å²) < 4.78 is 13.5. The lowest BCUT2D eigenvalue weighted by atomic mass is 9.85. The van der Waals surface area contributed by atoms with Crippen molar-refractivity contribution in [1.29, 1.82) is 0 Å². The van der Waals surface area contributed by atoms with E-state index < -0.39 is 11.7 Å². The lowest BCUT2D eigenvalue weighted by Gasteiger charge is -2.17. The number of rotatable bonds is 5. The van der Waals surface area contributed by atoms with Crippen LogP contribution in [-0.2, 0) is 9.59 Å². The van der Waals surface area contributed by atoms with Crippen molar-refractivity contribution in [2.24, 2.45) is 23.7 Å². The van der Waals surface area contributed by atoms with Crippen molar-refractivity contribution in [2.45, 2.75) is 12.8 Å². The highest BCUT2D eigenvalue weighted by molar-refractivity contribution is 6.06. The Bertz CT molecular complexity index is 746. The lowest BCUT2D eigenvalue weighted by molar-refractivity contribution is -0.140. The Hall–Kier alpha value is -2.50. The van der Waals surface area contributed by atoms with E-state index in [0.29, 0.717) is 13.0 Å². The lowest BCUT2D eigenvalue weighted by Crippen LogP contribution is -2.36. The predicted molar refractivity (Wildman–Crippen MR) is 87.8 cm³/mol. The molecule has 1 saturated heterocycles. The maximum absolute atomic E-state index is 13.5. The second kappa shape index (κ2) is 6.10. The summed E-state index contributed by atoms with van der Waals surface area (Å²) in [6, 6.07) is 5.77. The molecular weight excluding hydrogens is 323 g/mol. The molecule has 25 heavy (non-hydrogen) atoms. The summed E-state index contributed by atoms with van der Waals surface area (Å²) in [5, 5.41) is 2.63. The Morgan fingerprint density at radius 3 is 2.40 bits per heavy atom. The molecule has 2 bridgehead atoms. The van der Waals surface area contributed by atoms with Gasteiger partial charge in [0.05, 0.1) is 17.4 Å². The van der Waals surface area contributed by atoms with Crippen LogP contribution >= 0.6 is 0 Å². The van der Waals surface area contributed by atoms with Crippen molar-refractivity contribution in [1.82, 2.24) is 10.2 Å². The molecule has 0 unspecified atom stereocenters. The molecule has 4 rings (SSSR count). The number of benzene rings is 1. The van der Waals surface area contributed by atoms with Gasteiger partial charge in [0.1, 0.15) is 5.82 Å². The minimum atomic E-state index is -0.569. The molecule has 1 aliphatic heterocycles. The number of fused-ring (bicyclic) bond motifs is 5. The Morgan fingerprint density at radius 1 is 1.12 bits per heavy atom. The van der Waals surface area contributed by atoms with Gasteiger partial charge >= 0.3 is 0 Å². The van der Waals surface area contributed by atoms with Crippen LogP contribution in [0.5, 0.6) is 0 Å². The van der Waals surface area contributed by atoms with Crippen molar-refractivity contribution in [2.75, 3.05) is 13.1 Å². The van der Waals surface area contributed by atoms with Crippen LogP contribution in [0.15, 0.2) is 36.4 Å². The fourth-order valence-corrected chi connectivity index (χ4v) is 4.36. The molecule has 0 aromatic heterocycles. The Labute approximate surface area is 144 Å². The number of carbonyl (C=O) groups is 3. The zero-order chi connectivity index (χ0) is 17.6. The number of amides is 3. The van der Waals surface area contributed by atoms with Crippen LogP contribution in [0.2, 0.25) is 0 Å². The van der Waals surface area contributed by atoms with Crippen molar-refractivity contribution in [3.05, 3.63) is 47.8 Å². The molecule has 6 heteroatoms. The molecule has 1 heterocycles. The van der Waals surface area contributed by atoms with Gasteiger partial charge in [0.2, 0.25) is 11.8 Å². The molecule has 2 aliphatic carbocycles. The molecule has 130 valence electrons. The molecule has 1 N–H and O–H groups in total. The number of carbonyl (C=O) groups excluding carboxylic acids is 3. The molecule has 0 spiro atoms. The molecule has 0 radical (unpaired) electrons. The first-order valence-electron chi connectivity index (χ1n) is 8.64. The number of nitrogens with one attached hydrogen (secondary N) is 1. The summed E-state index contributed by atoms with van der Waals surface area (Å²) in [5.41, 5.74) is -0.00648. The van der Waals surface area contributed by atoms with Gasteiger partial charge in [-0.1, -0.05) is 24.3 Å². The molecule has 1 aromatic carbocycles. The fourth-order valence-electron chi connectivity index (χ4n) is 4.36. The molecule has 2 fully saturated rings.